The highest BCUT2D eigenvalue weighted by atomic mass is 15.1. The quantitative estimate of drug-likeness (QED) is 0.395. The maximum absolute atomic E-state index is 2.72. The molecule has 0 spiro atoms. The summed E-state index contributed by atoms with van der Waals surface area (Å²) >= 11 is 0. The van der Waals surface area contributed by atoms with Crippen LogP contribution in [0.2, 0.25) is 0 Å². The number of hydrogen-bond acceptors (Lipinski definition) is 1. The predicted octanol–water partition coefficient (Wildman–Crippen LogP) is 6.03. The van der Waals surface area contributed by atoms with Crippen LogP contribution in [-0.2, 0) is 0 Å². The van der Waals surface area contributed by atoms with Crippen LogP contribution in [0.1, 0.15) is 97.3 Å². The third-order valence-electron chi connectivity index (χ3n) is 4.98. The summed E-state index contributed by atoms with van der Waals surface area (Å²) in [7, 11) is 0. The molecular formula is C19H39N. The van der Waals surface area contributed by atoms with Gasteiger partial charge in [-0.3, -0.25) is 0 Å². The average Bonchev–Trinajstić information content (AvgIpc) is 2.50. The first kappa shape index (κ1) is 18.0. The van der Waals surface area contributed by atoms with Crippen molar-refractivity contribution in [3.05, 3.63) is 0 Å². The molecule has 1 rings (SSSR count). The minimum absolute atomic E-state index is 1.01. The molecule has 20 heavy (non-hydrogen) atoms. The summed E-state index contributed by atoms with van der Waals surface area (Å²) in [6, 6.07) is 0. The fourth-order valence-electron chi connectivity index (χ4n) is 3.51. The topological polar surface area (TPSA) is 3.24 Å². The molecule has 1 atom stereocenters. The largest absolute Gasteiger partial charge is 0.303 e. The number of nitrogens with zero attached hydrogens (tertiary/aromatic N) is 1. The maximum Gasteiger partial charge on any atom is -0.00161 e. The molecule has 1 nitrogen and oxygen atoms in total. The summed E-state index contributed by atoms with van der Waals surface area (Å²) in [6.45, 7) is 8.77. The maximum atomic E-state index is 2.72. The second-order valence-corrected chi connectivity index (χ2v) is 6.90. The van der Waals surface area contributed by atoms with E-state index in [1.54, 1.807) is 0 Å². The Morgan fingerprint density at radius 3 is 2.05 bits per heavy atom. The van der Waals surface area contributed by atoms with E-state index in [0.29, 0.717) is 0 Å². The van der Waals surface area contributed by atoms with E-state index < -0.39 is 0 Å². The lowest BCUT2D eigenvalue weighted by molar-refractivity contribution is 0.206. The van der Waals surface area contributed by atoms with Crippen molar-refractivity contribution < 1.29 is 0 Å². The van der Waals surface area contributed by atoms with Gasteiger partial charge >= 0.3 is 0 Å². The van der Waals surface area contributed by atoms with Crippen LogP contribution in [0.4, 0.5) is 0 Å². The Balaban J connectivity index is 2.13. The molecule has 1 saturated heterocycles. The van der Waals surface area contributed by atoms with Gasteiger partial charge in [-0.15, -0.1) is 0 Å². The summed E-state index contributed by atoms with van der Waals surface area (Å²) < 4.78 is 0. The van der Waals surface area contributed by atoms with Gasteiger partial charge in [0.25, 0.3) is 0 Å². The van der Waals surface area contributed by atoms with Crippen LogP contribution in [0, 0.1) is 5.92 Å². The first-order chi connectivity index (χ1) is 9.86. The zero-order valence-electron chi connectivity index (χ0n) is 14.3. The van der Waals surface area contributed by atoms with E-state index in [9.17, 15) is 0 Å². The highest BCUT2D eigenvalue weighted by molar-refractivity contribution is 4.68. The molecule has 1 unspecified atom stereocenters. The lowest BCUT2D eigenvalue weighted by Gasteiger charge is -2.28. The van der Waals surface area contributed by atoms with Crippen LogP contribution < -0.4 is 0 Å². The van der Waals surface area contributed by atoms with E-state index in [1.165, 1.54) is 103 Å². The molecule has 0 aromatic carbocycles. The molecule has 120 valence electrons. The molecule has 1 aliphatic rings. The van der Waals surface area contributed by atoms with Crippen molar-refractivity contribution in [1.29, 1.82) is 0 Å². The van der Waals surface area contributed by atoms with Crippen molar-refractivity contribution in [2.75, 3.05) is 19.6 Å². The van der Waals surface area contributed by atoms with E-state index in [0.717, 1.165) is 5.92 Å². The third-order valence-corrected chi connectivity index (χ3v) is 4.98. The van der Waals surface area contributed by atoms with Crippen LogP contribution in [0.25, 0.3) is 0 Å². The molecule has 1 aliphatic heterocycles. The number of hydrogen-bond donors (Lipinski definition) is 0. The minimum atomic E-state index is 1.01. The smallest absolute Gasteiger partial charge is 0.00161 e. The summed E-state index contributed by atoms with van der Waals surface area (Å²) in [6.07, 6.45) is 18.8. The zero-order valence-corrected chi connectivity index (χ0v) is 14.3. The highest BCUT2D eigenvalue weighted by Crippen LogP contribution is 2.22. The van der Waals surface area contributed by atoms with Gasteiger partial charge in [0, 0.05) is 0 Å². The molecular weight excluding hydrogens is 242 g/mol. The highest BCUT2D eigenvalue weighted by Gasteiger charge is 2.13. The second kappa shape index (κ2) is 12.7. The van der Waals surface area contributed by atoms with Gasteiger partial charge in [-0.1, -0.05) is 78.1 Å². The van der Waals surface area contributed by atoms with Crippen LogP contribution in [-0.4, -0.2) is 24.5 Å². The van der Waals surface area contributed by atoms with Gasteiger partial charge in [-0.2, -0.15) is 0 Å². The van der Waals surface area contributed by atoms with E-state index in [-0.39, 0.29) is 0 Å². The van der Waals surface area contributed by atoms with E-state index >= 15 is 0 Å². The fraction of sp³-hybridized carbons (Fsp3) is 1.00. The Kier molecular flexibility index (Phi) is 11.4. The molecule has 0 amide bonds. The van der Waals surface area contributed by atoms with Crippen LogP contribution in [0.5, 0.6) is 0 Å². The van der Waals surface area contributed by atoms with E-state index in [1.807, 2.05) is 0 Å². The summed E-state index contributed by atoms with van der Waals surface area (Å²) in [5.74, 6) is 1.01. The van der Waals surface area contributed by atoms with Gasteiger partial charge in [-0.25, -0.2) is 0 Å². The SMILES string of the molecule is CCCCCCCC(CCCC)CCN1CCCCC1. The van der Waals surface area contributed by atoms with Gasteiger partial charge in [-0.05, 0) is 44.8 Å². The molecule has 0 aromatic rings. The first-order valence-corrected chi connectivity index (χ1v) is 9.59. The fourth-order valence-corrected chi connectivity index (χ4v) is 3.51. The normalized spacial score (nSPS) is 18.3. The standard InChI is InChI=1S/C19H39N/c1-3-5-7-8-10-14-19(13-6-4-2)15-18-20-16-11-9-12-17-20/h19H,3-18H2,1-2H3. The third kappa shape index (κ3) is 9.00. The van der Waals surface area contributed by atoms with Gasteiger partial charge in [0.15, 0.2) is 0 Å². The van der Waals surface area contributed by atoms with Crippen molar-refractivity contribution in [1.82, 2.24) is 4.90 Å². The molecule has 0 N–H and O–H groups in total. The predicted molar refractivity (Wildman–Crippen MR) is 91.3 cm³/mol. The molecule has 1 fully saturated rings. The van der Waals surface area contributed by atoms with Crippen molar-refractivity contribution >= 4 is 0 Å². The number of rotatable bonds is 12. The lowest BCUT2D eigenvalue weighted by atomic mass is 9.92. The van der Waals surface area contributed by atoms with Crippen LogP contribution >= 0.6 is 0 Å². The average molecular weight is 282 g/mol. The van der Waals surface area contributed by atoms with Crippen molar-refractivity contribution in [3.8, 4) is 0 Å². The van der Waals surface area contributed by atoms with E-state index in [4.69, 9.17) is 0 Å². The molecule has 1 heteroatoms. The molecule has 1 heterocycles. The first-order valence-electron chi connectivity index (χ1n) is 9.59. The summed E-state index contributed by atoms with van der Waals surface area (Å²) in [5.41, 5.74) is 0. The minimum Gasteiger partial charge on any atom is -0.303 e. The lowest BCUT2D eigenvalue weighted by Crippen LogP contribution is -2.31. The van der Waals surface area contributed by atoms with Gasteiger partial charge in [0.2, 0.25) is 0 Å². The van der Waals surface area contributed by atoms with Crippen LogP contribution in [0.15, 0.2) is 0 Å². The Hall–Kier alpha value is -0.0400. The number of unbranched alkanes of at least 4 members (excludes halogenated alkanes) is 5. The molecule has 0 aromatic heterocycles. The van der Waals surface area contributed by atoms with Crippen molar-refractivity contribution in [2.24, 2.45) is 5.92 Å². The Morgan fingerprint density at radius 1 is 0.700 bits per heavy atom. The Labute approximate surface area is 128 Å². The van der Waals surface area contributed by atoms with Gasteiger partial charge < -0.3 is 4.90 Å². The van der Waals surface area contributed by atoms with Crippen molar-refractivity contribution in [2.45, 2.75) is 97.3 Å². The molecule has 0 aliphatic carbocycles. The van der Waals surface area contributed by atoms with E-state index in [2.05, 4.69) is 18.7 Å². The summed E-state index contributed by atoms with van der Waals surface area (Å²) in [5, 5.41) is 0. The zero-order chi connectivity index (χ0) is 14.5. The monoisotopic (exact) mass is 281 g/mol. The second-order valence-electron chi connectivity index (χ2n) is 6.90. The van der Waals surface area contributed by atoms with Gasteiger partial charge in [0.1, 0.15) is 0 Å². The Morgan fingerprint density at radius 2 is 1.35 bits per heavy atom. The number of likely N-dealkylation sites (tertiary alicyclic amines) is 1. The van der Waals surface area contributed by atoms with Crippen molar-refractivity contribution in [3.63, 3.8) is 0 Å². The molecule has 0 saturated carbocycles. The number of piperidine rings is 1. The van der Waals surface area contributed by atoms with Gasteiger partial charge in [0.05, 0.1) is 0 Å². The summed E-state index contributed by atoms with van der Waals surface area (Å²) in [4.78, 5) is 2.72. The van der Waals surface area contributed by atoms with Crippen LogP contribution in [0.3, 0.4) is 0 Å². The molecule has 0 bridgehead atoms. The molecule has 0 radical (unpaired) electrons. The Bertz CT molecular complexity index is 196.